The van der Waals surface area contributed by atoms with Gasteiger partial charge in [0.2, 0.25) is 0 Å². The van der Waals surface area contributed by atoms with E-state index in [1.54, 1.807) is 12.0 Å². The molecule has 5 nitrogen and oxygen atoms in total. The molecule has 3 N–H and O–H groups in total. The Morgan fingerprint density at radius 3 is 2.79 bits per heavy atom. The molecule has 4 atom stereocenters. The van der Waals surface area contributed by atoms with Crippen LogP contribution in [0, 0.1) is 0 Å². The smallest absolute Gasteiger partial charge is 0.319 e. The van der Waals surface area contributed by atoms with Crippen molar-refractivity contribution in [2.24, 2.45) is 0 Å². The second kappa shape index (κ2) is 7.71. The Balaban J connectivity index is 1.56. The molecule has 0 radical (unpaired) electrons. The third-order valence-electron chi connectivity index (χ3n) is 5.33. The Bertz CT molecular complexity index is 576. The minimum absolute atomic E-state index is 0.126. The van der Waals surface area contributed by atoms with E-state index >= 15 is 0 Å². The number of hydrogen-bond acceptors (Lipinski definition) is 2. The average Bonchev–Trinajstić information content (AvgIpc) is 2.56. The van der Waals surface area contributed by atoms with Crippen LogP contribution in [0.25, 0.3) is 0 Å². The van der Waals surface area contributed by atoms with Crippen LogP contribution in [0.1, 0.15) is 32.1 Å². The summed E-state index contributed by atoms with van der Waals surface area (Å²) in [6.07, 6.45) is 7.99. The van der Waals surface area contributed by atoms with Gasteiger partial charge in [-0.25, -0.2) is 4.79 Å². The van der Waals surface area contributed by atoms with E-state index in [2.05, 4.69) is 17.2 Å². The highest BCUT2D eigenvalue weighted by Crippen LogP contribution is 2.22. The Hall–Kier alpha value is -2.01. The SMILES string of the molecule is C=CC[NH+]1[C@@H]2CCC[C@H]1CC(NC(=O)Nc1cccc(OC)c1)C2. The molecule has 2 heterocycles. The van der Waals surface area contributed by atoms with E-state index in [1.165, 1.54) is 19.3 Å². The fraction of sp³-hybridized carbons (Fsp3) is 0.526. The third-order valence-corrected chi connectivity index (χ3v) is 5.33. The van der Waals surface area contributed by atoms with Crippen LogP contribution in [-0.4, -0.2) is 37.8 Å². The zero-order valence-corrected chi connectivity index (χ0v) is 14.4. The number of methoxy groups -OCH3 is 1. The molecule has 0 aromatic heterocycles. The minimum Gasteiger partial charge on any atom is -0.497 e. The van der Waals surface area contributed by atoms with Crippen molar-refractivity contribution < 1.29 is 14.4 Å². The normalized spacial score (nSPS) is 28.7. The molecule has 2 saturated heterocycles. The van der Waals surface area contributed by atoms with Gasteiger partial charge in [0.25, 0.3) is 0 Å². The molecular weight excluding hydrogens is 302 g/mol. The summed E-state index contributed by atoms with van der Waals surface area (Å²) in [5, 5.41) is 6.08. The molecule has 5 heteroatoms. The average molecular weight is 330 g/mol. The van der Waals surface area contributed by atoms with E-state index < -0.39 is 0 Å². The largest absolute Gasteiger partial charge is 0.497 e. The van der Waals surface area contributed by atoms with Gasteiger partial charge in [-0.15, -0.1) is 0 Å². The van der Waals surface area contributed by atoms with Gasteiger partial charge in [0.1, 0.15) is 5.75 Å². The zero-order chi connectivity index (χ0) is 16.9. The molecule has 24 heavy (non-hydrogen) atoms. The maximum atomic E-state index is 12.3. The van der Waals surface area contributed by atoms with Crippen LogP contribution >= 0.6 is 0 Å². The summed E-state index contributed by atoms with van der Waals surface area (Å²) in [6.45, 7) is 4.94. The highest BCUT2D eigenvalue weighted by molar-refractivity contribution is 5.89. The van der Waals surface area contributed by atoms with Crippen LogP contribution < -0.4 is 20.3 Å². The lowest BCUT2D eigenvalue weighted by Gasteiger charge is -2.45. The second-order valence-corrected chi connectivity index (χ2v) is 6.89. The number of rotatable bonds is 5. The molecule has 130 valence electrons. The molecule has 2 aliphatic rings. The summed E-state index contributed by atoms with van der Waals surface area (Å²) < 4.78 is 5.19. The maximum Gasteiger partial charge on any atom is 0.319 e. The van der Waals surface area contributed by atoms with Gasteiger partial charge in [0.05, 0.1) is 25.7 Å². The molecule has 2 aliphatic heterocycles. The standard InChI is InChI=1S/C19H27N3O2/c1-3-10-22-16-7-5-8-17(22)12-15(11-16)21-19(23)20-14-6-4-9-18(13-14)24-2/h3-4,6,9,13,15-17H,1,5,7-8,10-12H2,2H3,(H2,20,21,23)/p+1/t15?,16-,17+. The number of ether oxygens (including phenoxy) is 1. The van der Waals surface area contributed by atoms with E-state index in [0.717, 1.165) is 30.8 Å². The first-order valence-electron chi connectivity index (χ1n) is 8.87. The summed E-state index contributed by atoms with van der Waals surface area (Å²) in [5.74, 6) is 0.740. The van der Waals surface area contributed by atoms with Crippen LogP contribution in [0.3, 0.4) is 0 Å². The highest BCUT2D eigenvalue weighted by Gasteiger charge is 2.41. The van der Waals surface area contributed by atoms with Gasteiger partial charge in [-0.2, -0.15) is 0 Å². The quantitative estimate of drug-likeness (QED) is 0.723. The first kappa shape index (κ1) is 16.8. The number of fused-ring (bicyclic) bond motifs is 2. The van der Waals surface area contributed by atoms with Crippen molar-refractivity contribution in [1.82, 2.24) is 5.32 Å². The van der Waals surface area contributed by atoms with E-state index in [-0.39, 0.29) is 12.1 Å². The van der Waals surface area contributed by atoms with Crippen LogP contribution in [0.2, 0.25) is 0 Å². The minimum atomic E-state index is -0.126. The number of carbonyl (C=O) groups is 1. The van der Waals surface area contributed by atoms with Crippen molar-refractivity contribution in [3.8, 4) is 5.75 Å². The van der Waals surface area contributed by atoms with Crippen molar-refractivity contribution in [3.05, 3.63) is 36.9 Å². The summed E-state index contributed by atoms with van der Waals surface area (Å²) >= 11 is 0. The Morgan fingerprint density at radius 1 is 1.38 bits per heavy atom. The Kier molecular flexibility index (Phi) is 5.41. The Morgan fingerprint density at radius 2 is 2.12 bits per heavy atom. The molecule has 0 spiro atoms. The summed E-state index contributed by atoms with van der Waals surface area (Å²) in [5.41, 5.74) is 0.752. The highest BCUT2D eigenvalue weighted by atomic mass is 16.5. The van der Waals surface area contributed by atoms with Crippen molar-refractivity contribution in [3.63, 3.8) is 0 Å². The number of hydrogen-bond donors (Lipinski definition) is 3. The number of quaternary nitrogens is 1. The van der Waals surface area contributed by atoms with Crippen LogP contribution in [0.15, 0.2) is 36.9 Å². The van der Waals surface area contributed by atoms with E-state index in [4.69, 9.17) is 4.74 Å². The molecule has 2 fully saturated rings. The number of benzene rings is 1. The summed E-state index contributed by atoms with van der Waals surface area (Å²) in [6, 6.07) is 8.87. The molecule has 2 amide bonds. The second-order valence-electron chi connectivity index (χ2n) is 6.89. The van der Waals surface area contributed by atoms with Gasteiger partial charge >= 0.3 is 6.03 Å². The number of piperidine rings is 2. The van der Waals surface area contributed by atoms with Crippen molar-refractivity contribution in [2.45, 2.75) is 50.2 Å². The lowest BCUT2D eigenvalue weighted by molar-refractivity contribution is -0.955. The van der Waals surface area contributed by atoms with Gasteiger partial charge in [-0.05, 0) is 37.5 Å². The van der Waals surface area contributed by atoms with Crippen molar-refractivity contribution >= 4 is 11.7 Å². The first-order valence-corrected chi connectivity index (χ1v) is 8.87. The molecule has 2 unspecified atom stereocenters. The zero-order valence-electron chi connectivity index (χ0n) is 14.4. The van der Waals surface area contributed by atoms with Gasteiger partial charge in [0, 0.05) is 30.6 Å². The Labute approximate surface area is 144 Å². The predicted octanol–water partition coefficient (Wildman–Crippen LogP) is 1.97. The van der Waals surface area contributed by atoms with Crippen molar-refractivity contribution in [2.75, 3.05) is 19.0 Å². The molecule has 0 saturated carbocycles. The van der Waals surface area contributed by atoms with E-state index in [1.807, 2.05) is 30.3 Å². The molecule has 2 bridgehead atoms. The number of urea groups is 1. The fourth-order valence-corrected chi connectivity index (χ4v) is 4.31. The summed E-state index contributed by atoms with van der Waals surface area (Å²) in [4.78, 5) is 14.0. The number of anilines is 1. The molecule has 0 aliphatic carbocycles. The molecule has 3 rings (SSSR count). The molecule has 1 aromatic rings. The van der Waals surface area contributed by atoms with Gasteiger partial charge < -0.3 is 20.3 Å². The number of carbonyl (C=O) groups excluding carboxylic acids is 1. The number of nitrogens with one attached hydrogen (secondary N) is 3. The van der Waals surface area contributed by atoms with Gasteiger partial charge in [0.15, 0.2) is 0 Å². The fourth-order valence-electron chi connectivity index (χ4n) is 4.31. The lowest BCUT2D eigenvalue weighted by atomic mass is 9.82. The van der Waals surface area contributed by atoms with E-state index in [9.17, 15) is 4.79 Å². The molecule has 1 aromatic carbocycles. The van der Waals surface area contributed by atoms with Crippen LogP contribution in [0.4, 0.5) is 10.5 Å². The number of amides is 2. The van der Waals surface area contributed by atoms with E-state index in [0.29, 0.717) is 12.1 Å². The topological polar surface area (TPSA) is 54.8 Å². The van der Waals surface area contributed by atoms with Gasteiger partial charge in [-0.1, -0.05) is 12.6 Å². The predicted molar refractivity (Wildman–Crippen MR) is 95.6 cm³/mol. The lowest BCUT2D eigenvalue weighted by Crippen LogP contribution is -3.21. The maximum absolute atomic E-state index is 12.3. The van der Waals surface area contributed by atoms with Crippen LogP contribution in [-0.2, 0) is 0 Å². The van der Waals surface area contributed by atoms with Crippen molar-refractivity contribution in [1.29, 1.82) is 0 Å². The third kappa shape index (κ3) is 3.90. The monoisotopic (exact) mass is 330 g/mol. The molecular formula is C19H28N3O2+. The first-order chi connectivity index (χ1) is 11.7. The summed E-state index contributed by atoms with van der Waals surface area (Å²) in [7, 11) is 1.62. The van der Waals surface area contributed by atoms with Gasteiger partial charge in [-0.3, -0.25) is 0 Å². The van der Waals surface area contributed by atoms with Crippen LogP contribution in [0.5, 0.6) is 5.75 Å².